The van der Waals surface area contributed by atoms with Crippen LogP contribution in [0, 0.1) is 6.92 Å². The summed E-state index contributed by atoms with van der Waals surface area (Å²) < 4.78 is 29.0. The first kappa shape index (κ1) is 57.2. The zero-order valence-electron chi connectivity index (χ0n) is 51.6. The number of hydrogen-bond donors (Lipinski definition) is 1. The zero-order valence-corrected chi connectivity index (χ0v) is 51.6. The quantitative estimate of drug-likeness (QED) is 0.0548. The molecule has 2 aliphatic heterocycles. The van der Waals surface area contributed by atoms with Gasteiger partial charge in [-0.05, 0) is 148 Å². The Labute approximate surface area is 502 Å². The van der Waals surface area contributed by atoms with Crippen molar-refractivity contribution in [1.29, 1.82) is 0 Å². The molecule has 0 aliphatic carbocycles. The van der Waals surface area contributed by atoms with Crippen molar-refractivity contribution < 1.29 is 38.1 Å². The number of ether oxygens (including phenoxy) is 4. The summed E-state index contributed by atoms with van der Waals surface area (Å²) in [6.07, 6.45) is 1.32. The summed E-state index contributed by atoms with van der Waals surface area (Å²) in [6.45, 7) is 29.8. The van der Waals surface area contributed by atoms with Crippen molar-refractivity contribution in [2.75, 3.05) is 17.2 Å². The van der Waals surface area contributed by atoms with E-state index in [0.29, 0.717) is 78.2 Å². The van der Waals surface area contributed by atoms with Gasteiger partial charge in [-0.3, -0.25) is 24.1 Å². The van der Waals surface area contributed by atoms with E-state index in [4.69, 9.17) is 24.7 Å². The molecule has 0 radical (unpaired) electrons. The van der Waals surface area contributed by atoms with E-state index >= 15 is 19.2 Å². The number of carbonyl (C=O) groups is 4. The summed E-state index contributed by atoms with van der Waals surface area (Å²) in [5.41, 5.74) is 12.5. The lowest BCUT2D eigenvalue weighted by Crippen LogP contribution is -2.41. The van der Waals surface area contributed by atoms with Gasteiger partial charge in [-0.1, -0.05) is 151 Å². The fraction of sp³-hybridized carbons (Fsp3) is 0.280. The summed E-state index contributed by atoms with van der Waals surface area (Å²) in [4.78, 5) is 64.9. The SMILES string of the molecule is CCCCN1C(=O)c2cc(Oc3ccc(C(C)(C)C)cc3)c3c4c(Oc5ccc(C(C)(C)C)cc5)cc5c6c(cc(Oc7ccc(C(C)(C)C)cc7)c(c7c(Oc8ccc(C(C)(C)C)cc8)cc(c2c37)C1=O)c64)C(=O)N(c1ccc(C)c(N)c1)C5=O. The van der Waals surface area contributed by atoms with Crippen molar-refractivity contribution in [1.82, 2.24) is 4.90 Å². The molecule has 11 nitrogen and oxygen atoms in total. The lowest BCUT2D eigenvalue weighted by molar-refractivity contribution is 0.0607. The van der Waals surface area contributed by atoms with E-state index in [-0.39, 0.29) is 79.1 Å². The van der Waals surface area contributed by atoms with E-state index in [1.165, 1.54) is 4.90 Å². The van der Waals surface area contributed by atoms with Crippen molar-refractivity contribution in [2.45, 2.75) is 131 Å². The first-order chi connectivity index (χ1) is 40.6. The molecule has 0 saturated carbocycles. The second-order valence-electron chi connectivity index (χ2n) is 27.3. The number of benzene rings is 10. The van der Waals surface area contributed by atoms with Gasteiger partial charge in [0.2, 0.25) is 0 Å². The van der Waals surface area contributed by atoms with Crippen molar-refractivity contribution in [3.8, 4) is 46.0 Å². The molecule has 10 aromatic carbocycles. The molecule has 86 heavy (non-hydrogen) atoms. The van der Waals surface area contributed by atoms with Crippen molar-refractivity contribution in [3.05, 3.63) is 190 Å². The largest absolute Gasteiger partial charge is 0.457 e. The third-order valence-electron chi connectivity index (χ3n) is 17.0. The molecule has 2 N–H and O–H groups in total. The van der Waals surface area contributed by atoms with Crippen LogP contribution in [-0.2, 0) is 21.7 Å². The molecule has 0 spiro atoms. The Bertz CT molecular complexity index is 4190. The lowest BCUT2D eigenvalue weighted by Gasteiger charge is -2.32. The van der Waals surface area contributed by atoms with E-state index in [9.17, 15) is 0 Å². The van der Waals surface area contributed by atoms with Gasteiger partial charge in [0.1, 0.15) is 46.0 Å². The van der Waals surface area contributed by atoms with Gasteiger partial charge >= 0.3 is 0 Å². The Morgan fingerprint density at radius 3 is 0.930 bits per heavy atom. The number of aryl methyl sites for hydroxylation is 1. The van der Waals surface area contributed by atoms with Crippen LogP contribution in [0.25, 0.3) is 43.1 Å². The zero-order chi connectivity index (χ0) is 61.3. The average molecular weight is 1140 g/mol. The van der Waals surface area contributed by atoms with Gasteiger partial charge in [-0.15, -0.1) is 0 Å². The third-order valence-corrected chi connectivity index (χ3v) is 17.0. The van der Waals surface area contributed by atoms with E-state index in [2.05, 4.69) is 83.1 Å². The summed E-state index contributed by atoms with van der Waals surface area (Å²) in [5, 5.41) is 3.39. The Hall–Kier alpha value is -9.22. The van der Waals surface area contributed by atoms with Crippen LogP contribution >= 0.6 is 0 Å². The summed E-state index contributed by atoms with van der Waals surface area (Å²) >= 11 is 0. The molecule has 0 aromatic heterocycles. The molecule has 0 unspecified atom stereocenters. The number of nitrogens with zero attached hydrogens (tertiary/aromatic N) is 2. The summed E-state index contributed by atoms with van der Waals surface area (Å²) in [6, 6.07) is 43.5. The van der Waals surface area contributed by atoms with E-state index in [1.807, 2.05) is 111 Å². The van der Waals surface area contributed by atoms with Gasteiger partial charge in [0, 0.05) is 55.3 Å². The van der Waals surface area contributed by atoms with E-state index < -0.39 is 23.6 Å². The van der Waals surface area contributed by atoms with Crippen molar-refractivity contribution >= 4 is 78.1 Å². The highest BCUT2D eigenvalue weighted by atomic mass is 16.5. The van der Waals surface area contributed by atoms with E-state index in [0.717, 1.165) is 39.1 Å². The number of carbonyl (C=O) groups excluding carboxylic acids is 4. The van der Waals surface area contributed by atoms with Crippen LogP contribution in [0.2, 0.25) is 0 Å². The second kappa shape index (κ2) is 20.5. The van der Waals surface area contributed by atoms with Crippen LogP contribution in [0.4, 0.5) is 11.4 Å². The second-order valence-corrected chi connectivity index (χ2v) is 27.3. The highest BCUT2D eigenvalue weighted by Gasteiger charge is 2.42. The molecule has 0 fully saturated rings. The number of fused-ring (bicyclic) bond motifs is 2. The molecule has 2 aliphatic rings. The Balaban J connectivity index is 1.29. The first-order valence-corrected chi connectivity index (χ1v) is 29.7. The molecule has 0 saturated heterocycles. The Morgan fingerprint density at radius 2 is 0.663 bits per heavy atom. The monoisotopic (exact) mass is 1140 g/mol. The van der Waals surface area contributed by atoms with Gasteiger partial charge in [0.05, 0.1) is 27.9 Å². The minimum atomic E-state index is -0.604. The van der Waals surface area contributed by atoms with Crippen molar-refractivity contribution in [3.63, 3.8) is 0 Å². The maximum atomic E-state index is 15.8. The van der Waals surface area contributed by atoms with Gasteiger partial charge in [0.25, 0.3) is 23.6 Å². The molecule has 2 heterocycles. The fourth-order valence-electron chi connectivity index (χ4n) is 12.0. The maximum absolute atomic E-state index is 15.8. The number of unbranched alkanes of at least 4 members (excludes halogenated alkanes) is 1. The highest BCUT2D eigenvalue weighted by molar-refractivity contribution is 6.46. The molecule has 4 amide bonds. The standard InChI is InChI=1S/C75H73N3O8/c1-15-16-35-77-68(79)51-37-56(83-47-27-18-42(19-28-47)72(3,4)5)62-64-58(85-49-31-22-44(23-32-49)74(9,10)11)39-53-61-54(71(82)78(70(53)81)46-26-17-41(2)55(76)36-46)40-59(86-50-33-24-45(25-34-50)75(12,13)14)65(67(61)64)63-57(38-52(69(77)80)60(51)66(62)63)84-48-29-20-43(21-30-48)73(6,7)8/h17-34,36-40H,15-16,35,76H2,1-14H3. The summed E-state index contributed by atoms with van der Waals surface area (Å²) in [5.74, 6) is 0.727. The lowest BCUT2D eigenvalue weighted by atomic mass is 9.80. The van der Waals surface area contributed by atoms with Gasteiger partial charge in [-0.2, -0.15) is 0 Å². The minimum Gasteiger partial charge on any atom is -0.457 e. The molecule has 10 aromatic rings. The van der Waals surface area contributed by atoms with Gasteiger partial charge in [-0.25, -0.2) is 4.90 Å². The molecule has 0 atom stereocenters. The average Bonchev–Trinajstić information content (AvgIpc) is 0.677. The molecular weight excluding hydrogens is 1070 g/mol. The van der Waals surface area contributed by atoms with Gasteiger partial charge < -0.3 is 24.7 Å². The normalized spacial score (nSPS) is 13.9. The van der Waals surface area contributed by atoms with Crippen LogP contribution in [0.5, 0.6) is 46.0 Å². The van der Waals surface area contributed by atoms with Crippen LogP contribution in [0.1, 0.15) is 172 Å². The maximum Gasteiger partial charge on any atom is 0.266 e. The fourth-order valence-corrected chi connectivity index (χ4v) is 12.0. The van der Waals surface area contributed by atoms with E-state index in [1.54, 1.807) is 42.5 Å². The number of nitrogens with two attached hydrogens (primary N) is 1. The van der Waals surface area contributed by atoms with Crippen molar-refractivity contribution in [2.24, 2.45) is 0 Å². The predicted molar refractivity (Wildman–Crippen MR) is 346 cm³/mol. The van der Waals surface area contributed by atoms with Crippen LogP contribution in [0.3, 0.4) is 0 Å². The number of rotatable bonds is 12. The van der Waals surface area contributed by atoms with Crippen LogP contribution in [-0.4, -0.2) is 35.1 Å². The van der Waals surface area contributed by atoms with Gasteiger partial charge in [0.15, 0.2) is 0 Å². The van der Waals surface area contributed by atoms with Crippen LogP contribution < -0.4 is 29.6 Å². The number of hydrogen-bond acceptors (Lipinski definition) is 9. The number of amides is 4. The predicted octanol–water partition coefficient (Wildman–Crippen LogP) is 19.2. The molecule has 0 bridgehead atoms. The smallest absolute Gasteiger partial charge is 0.266 e. The topological polar surface area (TPSA) is 138 Å². The highest BCUT2D eigenvalue weighted by Crippen LogP contribution is 2.58. The number of anilines is 2. The first-order valence-electron chi connectivity index (χ1n) is 29.7. The molecule has 436 valence electrons. The third kappa shape index (κ3) is 9.80. The summed E-state index contributed by atoms with van der Waals surface area (Å²) in [7, 11) is 0. The number of imide groups is 2. The minimum absolute atomic E-state index is 0.171. The Morgan fingerprint density at radius 1 is 0.372 bits per heavy atom. The molecule has 12 rings (SSSR count). The molecule has 11 heteroatoms. The van der Waals surface area contributed by atoms with Crippen LogP contribution in [0.15, 0.2) is 140 Å². The number of nitrogen functional groups attached to an aromatic ring is 1. The molecular formula is C75H73N3O8. The Kier molecular flexibility index (Phi) is 13.6.